The number of benzene rings is 1. The Labute approximate surface area is 125 Å². The lowest BCUT2D eigenvalue weighted by Crippen LogP contribution is -2.31. The van der Waals surface area contributed by atoms with Gasteiger partial charge in [0.05, 0.1) is 0 Å². The van der Waals surface area contributed by atoms with Crippen LogP contribution in [0.1, 0.15) is 36.2 Å². The van der Waals surface area contributed by atoms with E-state index in [1.807, 2.05) is 23.5 Å². The van der Waals surface area contributed by atoms with Crippen molar-refractivity contribution in [3.8, 4) is 0 Å². The van der Waals surface area contributed by atoms with Gasteiger partial charge >= 0.3 is 0 Å². The van der Waals surface area contributed by atoms with Gasteiger partial charge < -0.3 is 5.73 Å². The second kappa shape index (κ2) is 5.23. The molecule has 1 atom stereocenters. The minimum atomic E-state index is 0.355. The summed E-state index contributed by atoms with van der Waals surface area (Å²) in [6, 6.07) is 13.3. The summed E-state index contributed by atoms with van der Waals surface area (Å²) in [5, 5.41) is 2.16. The largest absolute Gasteiger partial charge is 0.399 e. The fraction of sp³-hybridized carbons (Fsp3) is 0.412. The van der Waals surface area contributed by atoms with Gasteiger partial charge in [-0.25, -0.2) is 0 Å². The first-order valence-corrected chi connectivity index (χ1v) is 8.08. The van der Waals surface area contributed by atoms with E-state index >= 15 is 0 Å². The highest BCUT2D eigenvalue weighted by atomic mass is 32.1. The smallest absolute Gasteiger partial charge is 0.0410 e. The van der Waals surface area contributed by atoms with Gasteiger partial charge in [-0.3, -0.25) is 4.90 Å². The van der Waals surface area contributed by atoms with Crippen LogP contribution in [0.5, 0.6) is 0 Å². The summed E-state index contributed by atoms with van der Waals surface area (Å²) in [5.74, 6) is 0. The summed E-state index contributed by atoms with van der Waals surface area (Å²) in [6.07, 6.45) is 2.58. The Bertz CT molecular complexity index is 555. The first kappa shape index (κ1) is 13.7. The molecule has 0 saturated heterocycles. The van der Waals surface area contributed by atoms with Crippen LogP contribution in [-0.2, 0) is 5.41 Å². The molecule has 1 aromatic carbocycles. The molecule has 20 heavy (non-hydrogen) atoms. The predicted octanol–water partition coefficient (Wildman–Crippen LogP) is 4.05. The van der Waals surface area contributed by atoms with Crippen LogP contribution in [0.15, 0.2) is 41.8 Å². The van der Waals surface area contributed by atoms with Crippen LogP contribution in [0.25, 0.3) is 0 Å². The zero-order valence-corrected chi connectivity index (χ0v) is 13.0. The van der Waals surface area contributed by atoms with Crippen molar-refractivity contribution in [2.24, 2.45) is 0 Å². The van der Waals surface area contributed by atoms with Crippen LogP contribution < -0.4 is 5.73 Å². The number of thiophene rings is 1. The summed E-state index contributed by atoms with van der Waals surface area (Å²) in [6.45, 7) is 3.42. The molecule has 1 fully saturated rings. The van der Waals surface area contributed by atoms with Crippen molar-refractivity contribution >= 4 is 17.0 Å². The molecule has 1 unspecified atom stereocenters. The lowest BCUT2D eigenvalue weighted by Gasteiger charge is -2.29. The Morgan fingerprint density at radius 3 is 2.50 bits per heavy atom. The van der Waals surface area contributed by atoms with Gasteiger partial charge in [-0.15, -0.1) is 11.3 Å². The first-order chi connectivity index (χ1) is 9.61. The zero-order valence-electron chi connectivity index (χ0n) is 12.2. The molecule has 0 bridgehead atoms. The van der Waals surface area contributed by atoms with E-state index < -0.39 is 0 Å². The Hall–Kier alpha value is -1.32. The summed E-state index contributed by atoms with van der Waals surface area (Å²) >= 11 is 1.85. The van der Waals surface area contributed by atoms with Crippen molar-refractivity contribution < 1.29 is 0 Å². The molecule has 1 aliphatic rings. The van der Waals surface area contributed by atoms with E-state index in [1.165, 1.54) is 23.3 Å². The van der Waals surface area contributed by atoms with E-state index in [1.54, 1.807) is 0 Å². The summed E-state index contributed by atoms with van der Waals surface area (Å²) in [7, 11) is 2.24. The second-order valence-electron chi connectivity index (χ2n) is 6.01. The Morgan fingerprint density at radius 1 is 1.25 bits per heavy atom. The van der Waals surface area contributed by atoms with Crippen LogP contribution in [-0.4, -0.2) is 18.5 Å². The van der Waals surface area contributed by atoms with Gasteiger partial charge in [-0.05, 0) is 56.0 Å². The highest BCUT2D eigenvalue weighted by molar-refractivity contribution is 7.10. The molecule has 2 nitrogen and oxygen atoms in total. The van der Waals surface area contributed by atoms with E-state index in [0.29, 0.717) is 11.5 Å². The average molecular weight is 286 g/mol. The monoisotopic (exact) mass is 286 g/mol. The van der Waals surface area contributed by atoms with E-state index in [-0.39, 0.29) is 0 Å². The molecule has 2 N–H and O–H groups in total. The van der Waals surface area contributed by atoms with Gasteiger partial charge in [0.25, 0.3) is 0 Å². The standard InChI is InChI=1S/C17H22N2S/c1-13(16-4-3-11-20-16)19(2)12-17(9-10-17)14-5-7-15(18)8-6-14/h3-8,11,13H,9-10,12,18H2,1-2H3. The number of anilines is 1. The van der Waals surface area contributed by atoms with Gasteiger partial charge in [0.15, 0.2) is 0 Å². The number of nitrogens with zero attached hydrogens (tertiary/aromatic N) is 1. The van der Waals surface area contributed by atoms with Crippen LogP contribution in [0.2, 0.25) is 0 Å². The maximum absolute atomic E-state index is 5.79. The SMILES string of the molecule is CC(c1cccs1)N(C)CC1(c2ccc(N)cc2)CC1. The molecule has 1 saturated carbocycles. The highest BCUT2D eigenvalue weighted by Crippen LogP contribution is 2.49. The molecule has 0 amide bonds. The summed E-state index contributed by atoms with van der Waals surface area (Å²) < 4.78 is 0. The third-order valence-corrected chi connectivity index (χ3v) is 5.59. The zero-order chi connectivity index (χ0) is 14.2. The molecule has 0 aliphatic heterocycles. The fourth-order valence-electron chi connectivity index (χ4n) is 2.89. The third-order valence-electron chi connectivity index (χ3n) is 4.54. The Kier molecular flexibility index (Phi) is 3.57. The van der Waals surface area contributed by atoms with Crippen molar-refractivity contribution in [3.05, 3.63) is 52.2 Å². The van der Waals surface area contributed by atoms with Crippen LogP contribution in [0.3, 0.4) is 0 Å². The summed E-state index contributed by atoms with van der Waals surface area (Å²) in [4.78, 5) is 3.93. The van der Waals surface area contributed by atoms with E-state index in [0.717, 1.165) is 12.2 Å². The molecular weight excluding hydrogens is 264 g/mol. The van der Waals surface area contributed by atoms with Gasteiger partial charge in [0, 0.05) is 28.6 Å². The third kappa shape index (κ3) is 2.60. The first-order valence-electron chi connectivity index (χ1n) is 7.20. The minimum Gasteiger partial charge on any atom is -0.399 e. The van der Waals surface area contributed by atoms with Gasteiger partial charge in [0.1, 0.15) is 0 Å². The molecule has 1 aromatic heterocycles. The van der Waals surface area contributed by atoms with Crippen LogP contribution in [0, 0.1) is 0 Å². The molecule has 2 aromatic rings. The molecule has 106 valence electrons. The van der Waals surface area contributed by atoms with E-state index in [2.05, 4.69) is 48.5 Å². The predicted molar refractivity (Wildman–Crippen MR) is 87.1 cm³/mol. The molecule has 3 heteroatoms. The molecule has 0 spiro atoms. The van der Waals surface area contributed by atoms with E-state index in [4.69, 9.17) is 5.73 Å². The number of hydrogen-bond acceptors (Lipinski definition) is 3. The van der Waals surface area contributed by atoms with E-state index in [9.17, 15) is 0 Å². The maximum Gasteiger partial charge on any atom is 0.0410 e. The summed E-state index contributed by atoms with van der Waals surface area (Å²) in [5.41, 5.74) is 8.44. The molecule has 3 rings (SSSR count). The second-order valence-corrected chi connectivity index (χ2v) is 6.99. The van der Waals surface area contributed by atoms with Crippen LogP contribution >= 0.6 is 11.3 Å². The lowest BCUT2D eigenvalue weighted by atomic mass is 9.94. The highest BCUT2D eigenvalue weighted by Gasteiger charge is 2.45. The fourth-order valence-corrected chi connectivity index (χ4v) is 3.73. The number of hydrogen-bond donors (Lipinski definition) is 1. The quantitative estimate of drug-likeness (QED) is 0.840. The number of nitrogen functional groups attached to an aromatic ring is 1. The van der Waals surface area contributed by atoms with Crippen molar-refractivity contribution in [2.45, 2.75) is 31.2 Å². The van der Waals surface area contributed by atoms with Gasteiger partial charge in [-0.1, -0.05) is 18.2 Å². The lowest BCUT2D eigenvalue weighted by molar-refractivity contribution is 0.240. The average Bonchev–Trinajstić information content (AvgIpc) is 3.02. The van der Waals surface area contributed by atoms with Gasteiger partial charge in [0.2, 0.25) is 0 Å². The molecule has 0 radical (unpaired) electrons. The number of nitrogens with two attached hydrogens (primary N) is 1. The Morgan fingerprint density at radius 2 is 1.95 bits per heavy atom. The van der Waals surface area contributed by atoms with Crippen molar-refractivity contribution in [1.82, 2.24) is 4.90 Å². The Balaban J connectivity index is 1.72. The van der Waals surface area contributed by atoms with Crippen molar-refractivity contribution in [2.75, 3.05) is 19.3 Å². The number of likely N-dealkylation sites (N-methyl/N-ethyl adjacent to an activating group) is 1. The molecule has 1 heterocycles. The minimum absolute atomic E-state index is 0.355. The molecular formula is C17H22N2S. The van der Waals surface area contributed by atoms with Crippen LogP contribution in [0.4, 0.5) is 5.69 Å². The number of rotatable bonds is 5. The normalized spacial score (nSPS) is 18.1. The van der Waals surface area contributed by atoms with Crippen molar-refractivity contribution in [3.63, 3.8) is 0 Å². The van der Waals surface area contributed by atoms with Crippen molar-refractivity contribution in [1.29, 1.82) is 0 Å². The topological polar surface area (TPSA) is 29.3 Å². The maximum atomic E-state index is 5.79. The molecule has 1 aliphatic carbocycles. The van der Waals surface area contributed by atoms with Gasteiger partial charge in [-0.2, -0.15) is 0 Å².